The summed E-state index contributed by atoms with van der Waals surface area (Å²) in [6.45, 7) is -0.201. The number of ether oxygens (including phenoxy) is 3. The van der Waals surface area contributed by atoms with E-state index in [1.54, 1.807) is 24.3 Å². The summed E-state index contributed by atoms with van der Waals surface area (Å²) in [6, 6.07) is 10.7. The van der Waals surface area contributed by atoms with Crippen LogP contribution in [-0.4, -0.2) is 29.8 Å². The average molecular weight is 397 g/mol. The van der Waals surface area contributed by atoms with Crippen LogP contribution >= 0.6 is 11.3 Å². The number of nitrogens with zero attached hydrogens (tertiary/aromatic N) is 3. The zero-order valence-electron chi connectivity index (χ0n) is 14.8. The Morgan fingerprint density at radius 3 is 3.00 bits per heavy atom. The van der Waals surface area contributed by atoms with Crippen molar-refractivity contribution in [3.8, 4) is 28.3 Å². The third-order valence-corrected chi connectivity index (χ3v) is 4.31. The van der Waals surface area contributed by atoms with Crippen molar-refractivity contribution in [2.45, 2.75) is 6.61 Å². The highest BCUT2D eigenvalue weighted by atomic mass is 32.1. The molecule has 28 heavy (non-hydrogen) atoms. The normalized spacial score (nSPS) is 10.6. The van der Waals surface area contributed by atoms with E-state index < -0.39 is 5.97 Å². The summed E-state index contributed by atoms with van der Waals surface area (Å²) < 4.78 is 20.6. The molecule has 3 rings (SSSR count). The lowest BCUT2D eigenvalue weighted by molar-refractivity contribution is -0.139. The predicted octanol–water partition coefficient (Wildman–Crippen LogP) is 3.47. The molecule has 3 aromatic rings. The predicted molar refractivity (Wildman–Crippen MR) is 101 cm³/mol. The molecule has 0 bridgehead atoms. The highest BCUT2D eigenvalue weighted by Gasteiger charge is 2.11. The second-order valence-corrected chi connectivity index (χ2v) is 6.23. The van der Waals surface area contributed by atoms with Gasteiger partial charge in [-0.2, -0.15) is 10.2 Å². The van der Waals surface area contributed by atoms with Crippen molar-refractivity contribution in [2.24, 2.45) is 0 Å². The lowest BCUT2D eigenvalue weighted by Crippen LogP contribution is -2.01. The van der Waals surface area contributed by atoms with Crippen molar-refractivity contribution >= 4 is 23.4 Å². The van der Waals surface area contributed by atoms with E-state index in [2.05, 4.69) is 10.1 Å². The smallest absolute Gasteiger partial charge is 0.331 e. The van der Waals surface area contributed by atoms with E-state index in [-0.39, 0.29) is 19.1 Å². The number of benzene rings is 1. The van der Waals surface area contributed by atoms with E-state index in [1.165, 1.54) is 24.5 Å². The Balaban J connectivity index is 1.56. The Kier molecular flexibility index (Phi) is 6.38. The number of carbonyl (C=O) groups is 1. The molecular weight excluding hydrogens is 382 g/mol. The quantitative estimate of drug-likeness (QED) is 0.420. The molecular formula is C19H15N3O5S. The molecule has 0 spiro atoms. The largest absolute Gasteiger partial charge is 0.493 e. The summed E-state index contributed by atoms with van der Waals surface area (Å²) in [5.41, 5.74) is 0.705. The molecule has 0 aliphatic rings. The molecule has 0 saturated heterocycles. The van der Waals surface area contributed by atoms with Gasteiger partial charge in [0.2, 0.25) is 5.82 Å². The summed E-state index contributed by atoms with van der Waals surface area (Å²) in [7, 11) is 1.49. The number of nitriles is 1. The van der Waals surface area contributed by atoms with Gasteiger partial charge in [0.15, 0.2) is 24.7 Å². The van der Waals surface area contributed by atoms with Crippen LogP contribution in [0.1, 0.15) is 11.5 Å². The standard InChI is InChI=1S/C19H15N3O5S/c1-24-15-11-13(4-6-14(15)25-9-8-20)5-7-18(23)26-12-17-21-19(22-27-17)16-3-2-10-28-16/h2-7,10-11H,9,12H2,1H3/b7-5+. The summed E-state index contributed by atoms with van der Waals surface area (Å²) in [6.07, 6.45) is 2.85. The number of hydrogen-bond acceptors (Lipinski definition) is 9. The minimum atomic E-state index is -0.556. The highest BCUT2D eigenvalue weighted by molar-refractivity contribution is 7.13. The molecule has 0 amide bonds. The van der Waals surface area contributed by atoms with E-state index in [1.807, 2.05) is 23.6 Å². The number of esters is 1. The Morgan fingerprint density at radius 1 is 1.36 bits per heavy atom. The minimum absolute atomic E-state index is 0.0816. The van der Waals surface area contributed by atoms with Crippen molar-refractivity contribution < 1.29 is 23.5 Å². The average Bonchev–Trinajstić information content (AvgIpc) is 3.41. The van der Waals surface area contributed by atoms with Gasteiger partial charge in [0.25, 0.3) is 5.89 Å². The molecule has 0 aliphatic heterocycles. The van der Waals surface area contributed by atoms with Crippen LogP contribution in [0.25, 0.3) is 16.8 Å². The van der Waals surface area contributed by atoms with E-state index in [9.17, 15) is 4.79 Å². The number of hydrogen-bond donors (Lipinski definition) is 0. The zero-order valence-corrected chi connectivity index (χ0v) is 15.6. The number of thiophene rings is 1. The molecule has 142 valence electrons. The molecule has 1 aromatic carbocycles. The highest BCUT2D eigenvalue weighted by Crippen LogP contribution is 2.28. The van der Waals surface area contributed by atoms with Crippen LogP contribution in [0.15, 0.2) is 46.3 Å². The van der Waals surface area contributed by atoms with E-state index in [0.29, 0.717) is 22.9 Å². The lowest BCUT2D eigenvalue weighted by Gasteiger charge is -2.08. The van der Waals surface area contributed by atoms with Crippen LogP contribution in [0.2, 0.25) is 0 Å². The van der Waals surface area contributed by atoms with E-state index >= 15 is 0 Å². The molecule has 2 heterocycles. The van der Waals surface area contributed by atoms with Gasteiger partial charge in [-0.1, -0.05) is 17.3 Å². The van der Waals surface area contributed by atoms with E-state index in [0.717, 1.165) is 4.88 Å². The maximum absolute atomic E-state index is 11.9. The van der Waals surface area contributed by atoms with Gasteiger partial charge in [-0.15, -0.1) is 11.3 Å². The maximum atomic E-state index is 11.9. The third-order valence-electron chi connectivity index (χ3n) is 3.44. The van der Waals surface area contributed by atoms with Crippen molar-refractivity contribution in [3.63, 3.8) is 0 Å². The fourth-order valence-electron chi connectivity index (χ4n) is 2.18. The Hall–Kier alpha value is -3.64. The molecule has 0 atom stereocenters. The molecule has 8 nitrogen and oxygen atoms in total. The fraction of sp³-hybridized carbons (Fsp3) is 0.158. The first-order valence-corrected chi connectivity index (χ1v) is 8.96. The minimum Gasteiger partial charge on any atom is -0.493 e. The van der Waals surface area contributed by atoms with Gasteiger partial charge in [0, 0.05) is 6.08 Å². The Bertz CT molecular complexity index is 1010. The Morgan fingerprint density at radius 2 is 2.25 bits per heavy atom. The van der Waals surface area contributed by atoms with E-state index in [4.69, 9.17) is 24.0 Å². The number of rotatable bonds is 8. The molecule has 0 unspecified atom stereocenters. The second kappa shape index (κ2) is 9.34. The second-order valence-electron chi connectivity index (χ2n) is 5.29. The fourth-order valence-corrected chi connectivity index (χ4v) is 2.83. The molecule has 0 fully saturated rings. The van der Waals surface area contributed by atoms with Crippen LogP contribution in [0, 0.1) is 11.3 Å². The lowest BCUT2D eigenvalue weighted by atomic mass is 10.2. The van der Waals surface area contributed by atoms with Gasteiger partial charge < -0.3 is 18.7 Å². The van der Waals surface area contributed by atoms with Crippen molar-refractivity contribution in [1.29, 1.82) is 5.26 Å². The molecule has 2 aromatic heterocycles. The topological polar surface area (TPSA) is 107 Å². The third kappa shape index (κ3) is 4.96. The number of aromatic nitrogens is 2. The van der Waals surface area contributed by atoms with Gasteiger partial charge >= 0.3 is 5.97 Å². The van der Waals surface area contributed by atoms with Crippen molar-refractivity contribution in [2.75, 3.05) is 13.7 Å². The van der Waals surface area contributed by atoms with Gasteiger partial charge in [-0.05, 0) is 35.2 Å². The SMILES string of the molecule is COc1cc(/C=C/C(=O)OCc2nc(-c3cccs3)no2)ccc1OCC#N. The van der Waals surface area contributed by atoms with Crippen molar-refractivity contribution in [3.05, 3.63) is 53.2 Å². The van der Waals surface area contributed by atoms with Crippen LogP contribution < -0.4 is 9.47 Å². The van der Waals surface area contributed by atoms with Crippen LogP contribution in [-0.2, 0) is 16.1 Å². The number of carbonyl (C=O) groups excluding carboxylic acids is 1. The van der Waals surface area contributed by atoms with Crippen LogP contribution in [0.5, 0.6) is 11.5 Å². The summed E-state index contributed by atoms with van der Waals surface area (Å²) in [5.74, 6) is 1.02. The van der Waals surface area contributed by atoms with Gasteiger partial charge in [0.1, 0.15) is 6.07 Å². The molecule has 0 N–H and O–H groups in total. The van der Waals surface area contributed by atoms with Crippen LogP contribution in [0.4, 0.5) is 0 Å². The molecule has 0 aliphatic carbocycles. The summed E-state index contributed by atoms with van der Waals surface area (Å²) >= 11 is 1.49. The monoisotopic (exact) mass is 397 g/mol. The first-order chi connectivity index (χ1) is 13.7. The summed E-state index contributed by atoms with van der Waals surface area (Å²) in [5, 5.41) is 14.3. The zero-order chi connectivity index (χ0) is 19.8. The Labute approximate surface area is 164 Å². The molecule has 0 radical (unpaired) electrons. The molecule has 9 heteroatoms. The first-order valence-electron chi connectivity index (χ1n) is 8.08. The van der Waals surface area contributed by atoms with Gasteiger partial charge in [-0.25, -0.2) is 4.79 Å². The summed E-state index contributed by atoms with van der Waals surface area (Å²) in [4.78, 5) is 16.9. The first kappa shape index (κ1) is 19.1. The van der Waals surface area contributed by atoms with Crippen LogP contribution in [0.3, 0.4) is 0 Å². The van der Waals surface area contributed by atoms with Gasteiger partial charge in [0.05, 0.1) is 12.0 Å². The maximum Gasteiger partial charge on any atom is 0.331 e. The number of methoxy groups -OCH3 is 1. The van der Waals surface area contributed by atoms with Crippen molar-refractivity contribution in [1.82, 2.24) is 10.1 Å². The molecule has 0 saturated carbocycles. The van der Waals surface area contributed by atoms with Gasteiger partial charge in [-0.3, -0.25) is 0 Å².